The van der Waals surface area contributed by atoms with Crippen LogP contribution < -0.4 is 18.9 Å². The van der Waals surface area contributed by atoms with Crippen molar-refractivity contribution in [1.29, 1.82) is 0 Å². The minimum Gasteiger partial charge on any atom is -0.643 e. The third-order valence-corrected chi connectivity index (χ3v) is 39.5. The molecule has 0 aliphatic heterocycles. The van der Waals surface area contributed by atoms with Crippen molar-refractivity contribution in [2.45, 2.75) is 342 Å². The van der Waals surface area contributed by atoms with Crippen molar-refractivity contribution in [1.82, 2.24) is 0 Å². The molecule has 1 unspecified atom stereocenters. The van der Waals surface area contributed by atoms with Crippen molar-refractivity contribution in [3.63, 3.8) is 0 Å². The Balaban J connectivity index is 0.000000423. The number of Topliss-reactive ketones (excluding diaryl/α,β-unsaturated/α-hetero) is 1. The Bertz CT molecular complexity index is 4640. The molecule has 0 fully saturated rings. The van der Waals surface area contributed by atoms with Crippen LogP contribution in [0.3, 0.4) is 0 Å². The van der Waals surface area contributed by atoms with Crippen LogP contribution in [0.1, 0.15) is 193 Å². The van der Waals surface area contributed by atoms with Gasteiger partial charge in [0.05, 0.1) is 29.0 Å². The second-order valence-corrected chi connectivity index (χ2v) is 67.8. The van der Waals surface area contributed by atoms with Crippen molar-refractivity contribution >= 4 is 160 Å². The van der Waals surface area contributed by atoms with Crippen molar-refractivity contribution < 1.29 is 51.0 Å². The van der Waals surface area contributed by atoms with E-state index in [4.69, 9.17) is 6.42 Å². The first-order valence-corrected chi connectivity index (χ1v) is 62.4. The molecule has 0 aliphatic rings. The molecule has 127 heavy (non-hydrogen) atoms. The Morgan fingerprint density at radius 1 is 0.409 bits per heavy atom. The molecule has 0 saturated heterocycles. The molecule has 22 heteroatoms. The van der Waals surface area contributed by atoms with Crippen LogP contribution in [-0.2, 0) is 48.4 Å². The smallest absolute Gasteiger partial charge is 0.643 e. The molecule has 0 amide bonds. The SMILES string of the molecule is C#C[C@@](O)(CC)[C@@H](CC(Sc1ccc(C)cc1)Sc1ccc(C)cc1)[S@@](=O)C(C)(C)C.CCC(=O)C#C[Si](C)(C)C.CC[C@](O)(C#C[Si](C)(C)C)[C@@H](CC(Sc1ccc(C)cc1)Sc1ccc(C)cc1)[S@@](=O)C(C)(C)C.Cc1ccc(SC(CC[S@@](=O)C(C)(C)C)Sc2ccc(C)cc2)cc1.Cc1ccc(SC(C[CH-][S+]([O-])C(C)(C)C)Sc2ccc(C)cc2)cc1.[Li+]. The second-order valence-electron chi connectivity index (χ2n) is 37.7. The van der Waals surface area contributed by atoms with Crippen LogP contribution >= 0.6 is 94.1 Å². The maximum atomic E-state index is 13.9. The molecule has 8 aromatic rings. The number of carbonyl (C=O) groups excluding carboxylic acids is 1. The first-order chi connectivity index (χ1) is 58.5. The van der Waals surface area contributed by atoms with Crippen LogP contribution in [0.4, 0.5) is 0 Å². The van der Waals surface area contributed by atoms with E-state index in [9.17, 15) is 32.2 Å². The van der Waals surface area contributed by atoms with Crippen LogP contribution in [0.2, 0.25) is 39.3 Å². The molecule has 0 radical (unpaired) electrons. The average molecular weight is 1970 g/mol. The summed E-state index contributed by atoms with van der Waals surface area (Å²) >= 11 is 13.6. The molecule has 0 saturated carbocycles. The fourth-order valence-corrected chi connectivity index (χ4v) is 29.1. The molecule has 0 heterocycles. The van der Waals surface area contributed by atoms with Gasteiger partial charge in [0.1, 0.15) is 27.3 Å². The maximum Gasteiger partial charge on any atom is 1.00 e. The zero-order valence-electron chi connectivity index (χ0n) is 81.6. The molecule has 8 aromatic carbocycles. The molecule has 0 spiro atoms. The van der Waals surface area contributed by atoms with E-state index in [0.29, 0.717) is 41.3 Å². The van der Waals surface area contributed by atoms with Gasteiger partial charge >= 0.3 is 18.9 Å². The molecule has 2 N–H and O–H groups in total. The minimum absolute atomic E-state index is 0. The van der Waals surface area contributed by atoms with Crippen LogP contribution in [0.5, 0.6) is 0 Å². The topological polar surface area (TPSA) is 132 Å². The normalized spacial score (nSPS) is 14.2. The van der Waals surface area contributed by atoms with E-state index in [0.717, 1.165) is 28.4 Å². The van der Waals surface area contributed by atoms with E-state index in [2.05, 4.69) is 338 Å². The van der Waals surface area contributed by atoms with E-state index < -0.39 is 90.9 Å². The van der Waals surface area contributed by atoms with Crippen LogP contribution in [0, 0.1) is 96.4 Å². The molecule has 0 bridgehead atoms. The molecule has 688 valence electrons. The third-order valence-electron chi connectivity index (χ3n) is 19.1. The number of rotatable bonds is 33. The van der Waals surface area contributed by atoms with Crippen LogP contribution in [-0.4, -0.2) is 114 Å². The van der Waals surface area contributed by atoms with Crippen molar-refractivity contribution in [3.8, 4) is 35.3 Å². The molecule has 8 atom stereocenters. The van der Waals surface area contributed by atoms with Crippen molar-refractivity contribution in [2.24, 2.45) is 0 Å². The van der Waals surface area contributed by atoms with Gasteiger partial charge in [-0.05, 0) is 274 Å². The van der Waals surface area contributed by atoms with Crippen LogP contribution in [0.25, 0.3) is 0 Å². The standard InChI is InChI=1S/C29H42O2S3Si.C26H34O2S3.C21H28OS3.C21H27OS3.C8H14OSi.Li/c1-10-29(30,19-20-35(7,8)9)26(34(31)28(4,5)6)21-27(32-24-15-11-22(2)12-16-24)33-25-17-13-23(3)14-18-25;1-8-26(27,9-2)23(31(28)25(5,6)7)18-24(29-21-14-10-19(3)11-15-21)30-22-16-12-20(4)13-17-22;2*1-16-6-10-18(11-7-16)23-20(14-15-25(22)21(3,4)5)24-19-12-8-17(2)9-13-19;1-5-8(9)6-7-10(2,3)4;/h11-18,26-27,30H,10,21H2,1-9H3;1,10-17,23-24,27H,9,18H2,2-7H3;6-13,20H,14-15H2,1-5H3;6-13,15,20H,14H2,1-5H3;5H2,1-4H3;/q;;;-1;;+1/t26-,29+,34-;23-,26-,31-;25-;;;/m111.../s1. The number of terminal acetylenes is 1. The number of hydrogen-bond donors (Lipinski definition) is 2. The van der Waals surface area contributed by atoms with Gasteiger partial charge in [0.15, 0.2) is 0 Å². The molecule has 0 aromatic heterocycles. The third kappa shape index (κ3) is 47.1. The fourth-order valence-electron chi connectivity index (χ4n) is 11.2. The van der Waals surface area contributed by atoms with Gasteiger partial charge in [0.25, 0.3) is 0 Å². The number of benzene rings is 8. The zero-order chi connectivity index (χ0) is 94.8. The summed E-state index contributed by atoms with van der Waals surface area (Å²) < 4.78 is 51.8. The number of carbonyl (C=O) groups is 1. The van der Waals surface area contributed by atoms with Gasteiger partial charge in [0, 0.05) is 103 Å². The van der Waals surface area contributed by atoms with Gasteiger partial charge in [-0.3, -0.25) is 17.4 Å². The van der Waals surface area contributed by atoms with E-state index in [-0.39, 0.29) is 43.3 Å². The van der Waals surface area contributed by atoms with Gasteiger partial charge in [-0.1, -0.05) is 213 Å². The zero-order valence-corrected chi connectivity index (χ0v) is 93.4. The molecular weight excluding hydrogens is 1820 g/mol. The quantitative estimate of drug-likeness (QED) is 0.0101. The summed E-state index contributed by atoms with van der Waals surface area (Å²) in [4.78, 5) is 20.4. The largest absolute Gasteiger partial charge is 1.00 e. The summed E-state index contributed by atoms with van der Waals surface area (Å²) in [5.74, 6) is 11.2. The molecular formula is C105H145LiO7S12Si2. The predicted molar refractivity (Wildman–Crippen MR) is 575 cm³/mol. The number of ketones is 1. The Morgan fingerprint density at radius 2 is 0.654 bits per heavy atom. The molecule has 7 nitrogen and oxygen atoms in total. The van der Waals surface area contributed by atoms with E-state index >= 15 is 0 Å². The summed E-state index contributed by atoms with van der Waals surface area (Å²) in [6, 6.07) is 68.6. The van der Waals surface area contributed by atoms with Gasteiger partial charge in [0.2, 0.25) is 5.78 Å². The summed E-state index contributed by atoms with van der Waals surface area (Å²) in [6.45, 7) is 59.4. The van der Waals surface area contributed by atoms with Crippen LogP contribution in [0.15, 0.2) is 233 Å². The predicted octanol–water partition coefficient (Wildman–Crippen LogP) is 26.4. The number of aryl methyl sites for hydroxylation is 8. The summed E-state index contributed by atoms with van der Waals surface area (Å²) in [7, 11) is -6.43. The average Bonchev–Trinajstić information content (AvgIpc) is 0.798. The Kier molecular flexibility index (Phi) is 52.1. The Hall–Kier alpha value is -3.38. The maximum absolute atomic E-state index is 13.9. The van der Waals surface area contributed by atoms with Crippen molar-refractivity contribution in [3.05, 3.63) is 244 Å². The summed E-state index contributed by atoms with van der Waals surface area (Å²) in [5.41, 5.74) is 13.7. The van der Waals surface area contributed by atoms with Gasteiger partial charge in [-0.15, -0.1) is 124 Å². The van der Waals surface area contributed by atoms with Gasteiger partial charge in [-0.2, -0.15) is 0 Å². The van der Waals surface area contributed by atoms with Gasteiger partial charge in [-0.25, -0.2) is 11.2 Å². The monoisotopic (exact) mass is 1960 g/mol. The Morgan fingerprint density at radius 3 is 0.866 bits per heavy atom. The molecule has 8 rings (SSSR count). The number of hydrogen-bond acceptors (Lipinski definition) is 15. The second kappa shape index (κ2) is 56.2. The fraction of sp³-hybridized carbons (Fsp3) is 0.467. The first kappa shape index (κ1) is 118. The van der Waals surface area contributed by atoms with Crippen molar-refractivity contribution in [2.75, 3.05) is 5.75 Å². The van der Waals surface area contributed by atoms with Gasteiger partial charge < -0.3 is 14.8 Å². The van der Waals surface area contributed by atoms with E-state index in [1.165, 1.54) is 73.9 Å². The van der Waals surface area contributed by atoms with E-state index in [1.807, 2.05) is 136 Å². The summed E-state index contributed by atoms with van der Waals surface area (Å²) in [6.07, 6.45) is 9.99. The number of thioether (sulfide) groups is 8. The number of aliphatic hydroxyl groups is 2. The molecule has 0 aliphatic carbocycles. The van der Waals surface area contributed by atoms with E-state index in [1.54, 1.807) is 47.0 Å². The summed E-state index contributed by atoms with van der Waals surface area (Å²) in [5, 5.41) is 22.1. The minimum atomic E-state index is -1.71. The Labute approximate surface area is 829 Å². The first-order valence-electron chi connectivity index (χ1n) is 43.4.